The van der Waals surface area contributed by atoms with Gasteiger partial charge >= 0.3 is 0 Å². The zero-order chi connectivity index (χ0) is 18.3. The van der Waals surface area contributed by atoms with Gasteiger partial charge in [0.05, 0.1) is 5.41 Å². The van der Waals surface area contributed by atoms with Gasteiger partial charge in [-0.25, -0.2) is 0 Å². The molecule has 0 heterocycles. The van der Waals surface area contributed by atoms with E-state index in [0.29, 0.717) is 0 Å². The van der Waals surface area contributed by atoms with Crippen LogP contribution in [0.5, 0.6) is 0 Å². The second-order valence-corrected chi connectivity index (χ2v) is 6.93. The van der Waals surface area contributed by atoms with E-state index in [4.69, 9.17) is 6.42 Å². The lowest BCUT2D eigenvalue weighted by Gasteiger charge is -2.33. The molecule has 4 aromatic carbocycles. The summed E-state index contributed by atoms with van der Waals surface area (Å²) in [6.07, 6.45) is 5.76. The summed E-state index contributed by atoms with van der Waals surface area (Å²) in [5, 5.41) is 0. The monoisotopic (exact) mass is 342 g/mol. The Morgan fingerprint density at radius 3 is 1.74 bits per heavy atom. The molecule has 0 fully saturated rings. The summed E-state index contributed by atoms with van der Waals surface area (Å²) in [5.41, 5.74) is 8.19. The van der Waals surface area contributed by atoms with E-state index in [1.54, 1.807) is 0 Å². The lowest BCUT2D eigenvalue weighted by molar-refractivity contribution is 0.768. The topological polar surface area (TPSA) is 0 Å². The van der Waals surface area contributed by atoms with Crippen molar-refractivity contribution in [3.8, 4) is 23.5 Å². The van der Waals surface area contributed by atoms with E-state index in [1.807, 2.05) is 6.07 Å². The van der Waals surface area contributed by atoms with Crippen LogP contribution < -0.4 is 0 Å². The van der Waals surface area contributed by atoms with Crippen molar-refractivity contribution in [2.24, 2.45) is 0 Å². The maximum absolute atomic E-state index is 5.76. The van der Waals surface area contributed by atoms with E-state index in [1.165, 1.54) is 33.4 Å². The van der Waals surface area contributed by atoms with Gasteiger partial charge in [0, 0.05) is 5.56 Å². The third-order valence-corrected chi connectivity index (χ3v) is 5.63. The number of benzene rings is 4. The molecule has 0 atom stereocenters. The fraction of sp³-hybridized carbons (Fsp3) is 0.0370. The number of fused-ring (bicyclic) bond motifs is 3. The van der Waals surface area contributed by atoms with E-state index in [0.717, 1.165) is 5.56 Å². The quantitative estimate of drug-likeness (QED) is 0.344. The number of rotatable bonds is 2. The number of terminal acetylenes is 1. The van der Waals surface area contributed by atoms with Gasteiger partial charge in [-0.05, 0) is 45.5 Å². The van der Waals surface area contributed by atoms with Gasteiger partial charge in [0.1, 0.15) is 0 Å². The summed E-state index contributed by atoms with van der Waals surface area (Å²) in [7, 11) is 0. The molecule has 126 valence electrons. The van der Waals surface area contributed by atoms with Gasteiger partial charge in [0.15, 0.2) is 0 Å². The van der Waals surface area contributed by atoms with Gasteiger partial charge in [-0.1, -0.05) is 96.9 Å². The molecular formula is C27H18. The Hall–Kier alpha value is -3.56. The van der Waals surface area contributed by atoms with E-state index in [-0.39, 0.29) is 5.41 Å². The molecule has 0 aliphatic heterocycles. The minimum atomic E-state index is -0.360. The average Bonchev–Trinajstić information content (AvgIpc) is 3.05. The highest BCUT2D eigenvalue weighted by Gasteiger charge is 2.45. The fourth-order valence-electron chi connectivity index (χ4n) is 4.53. The molecule has 27 heavy (non-hydrogen) atoms. The van der Waals surface area contributed by atoms with E-state index >= 15 is 0 Å². The SMILES string of the molecule is C#Cc1ccc2c(c1)C(c1ccccc1)(c1ccccc1)c1ccccc1-2. The van der Waals surface area contributed by atoms with Crippen LogP contribution in [0.15, 0.2) is 103 Å². The Kier molecular flexibility index (Phi) is 3.49. The molecule has 0 heteroatoms. The number of hydrogen-bond acceptors (Lipinski definition) is 0. The summed E-state index contributed by atoms with van der Waals surface area (Å²) in [4.78, 5) is 0. The molecule has 0 radical (unpaired) electrons. The summed E-state index contributed by atoms with van der Waals surface area (Å²) < 4.78 is 0. The molecule has 0 saturated carbocycles. The van der Waals surface area contributed by atoms with Gasteiger partial charge in [0.25, 0.3) is 0 Å². The van der Waals surface area contributed by atoms with Crippen molar-refractivity contribution in [3.63, 3.8) is 0 Å². The predicted octanol–water partition coefficient (Wildman–Crippen LogP) is 6.03. The first-order valence-corrected chi connectivity index (χ1v) is 9.18. The van der Waals surface area contributed by atoms with Crippen LogP contribution >= 0.6 is 0 Å². The van der Waals surface area contributed by atoms with Crippen LogP contribution in [0.25, 0.3) is 11.1 Å². The zero-order valence-electron chi connectivity index (χ0n) is 14.9. The molecule has 0 saturated heterocycles. The van der Waals surface area contributed by atoms with Crippen LogP contribution in [0.4, 0.5) is 0 Å². The minimum absolute atomic E-state index is 0.360. The van der Waals surface area contributed by atoms with Crippen molar-refractivity contribution < 1.29 is 0 Å². The molecule has 0 unspecified atom stereocenters. The number of hydrogen-bond donors (Lipinski definition) is 0. The Balaban J connectivity index is 1.99. The second-order valence-electron chi connectivity index (χ2n) is 6.93. The van der Waals surface area contributed by atoms with Gasteiger partial charge in [-0.3, -0.25) is 0 Å². The third kappa shape index (κ3) is 2.12. The molecule has 0 aromatic heterocycles. The summed E-state index contributed by atoms with van der Waals surface area (Å²) >= 11 is 0. The van der Waals surface area contributed by atoms with Crippen LogP contribution in [0.3, 0.4) is 0 Å². The zero-order valence-corrected chi connectivity index (χ0v) is 14.9. The van der Waals surface area contributed by atoms with Crippen LogP contribution in [-0.2, 0) is 5.41 Å². The maximum atomic E-state index is 5.76. The molecule has 0 nitrogen and oxygen atoms in total. The average molecular weight is 342 g/mol. The molecule has 0 N–H and O–H groups in total. The minimum Gasteiger partial charge on any atom is -0.115 e. The Morgan fingerprint density at radius 1 is 0.556 bits per heavy atom. The largest absolute Gasteiger partial charge is 0.115 e. The van der Waals surface area contributed by atoms with Crippen molar-refractivity contribution >= 4 is 0 Å². The molecule has 1 aliphatic carbocycles. The van der Waals surface area contributed by atoms with Crippen molar-refractivity contribution in [3.05, 3.63) is 131 Å². The van der Waals surface area contributed by atoms with Crippen LogP contribution in [0.2, 0.25) is 0 Å². The summed E-state index contributed by atoms with van der Waals surface area (Å²) in [5.74, 6) is 2.82. The molecule has 0 bridgehead atoms. The molecule has 5 rings (SSSR count). The Bertz CT molecular complexity index is 1120. The lowest BCUT2D eigenvalue weighted by atomic mass is 9.67. The van der Waals surface area contributed by atoms with Gasteiger partial charge in [-0.15, -0.1) is 6.42 Å². The standard InChI is InChI=1S/C27H18/c1-2-20-17-18-24-23-15-9-10-16-25(23)27(26(24)19-20,21-11-5-3-6-12-21)22-13-7-4-8-14-22/h1,3-19H. The van der Waals surface area contributed by atoms with E-state index < -0.39 is 0 Å². The van der Waals surface area contributed by atoms with E-state index in [2.05, 4.69) is 103 Å². The van der Waals surface area contributed by atoms with Crippen LogP contribution in [0.1, 0.15) is 27.8 Å². The van der Waals surface area contributed by atoms with Gasteiger partial charge < -0.3 is 0 Å². The highest BCUT2D eigenvalue weighted by Crippen LogP contribution is 2.56. The van der Waals surface area contributed by atoms with Crippen molar-refractivity contribution in [1.82, 2.24) is 0 Å². The molecule has 0 spiro atoms. The highest BCUT2D eigenvalue weighted by atomic mass is 14.5. The summed E-state index contributed by atoms with van der Waals surface area (Å²) in [6, 6.07) is 36.6. The first-order chi connectivity index (χ1) is 13.4. The molecular weight excluding hydrogens is 324 g/mol. The van der Waals surface area contributed by atoms with Crippen LogP contribution in [-0.4, -0.2) is 0 Å². The summed E-state index contributed by atoms with van der Waals surface area (Å²) in [6.45, 7) is 0. The van der Waals surface area contributed by atoms with E-state index in [9.17, 15) is 0 Å². The van der Waals surface area contributed by atoms with Crippen molar-refractivity contribution in [2.75, 3.05) is 0 Å². The Morgan fingerprint density at radius 2 is 1.11 bits per heavy atom. The molecule has 0 amide bonds. The first kappa shape index (κ1) is 15.7. The smallest absolute Gasteiger partial charge is 0.0714 e. The molecule has 4 aromatic rings. The van der Waals surface area contributed by atoms with Gasteiger partial charge in [0.2, 0.25) is 0 Å². The van der Waals surface area contributed by atoms with Gasteiger partial charge in [-0.2, -0.15) is 0 Å². The Labute approximate surface area is 160 Å². The normalized spacial score (nSPS) is 13.4. The first-order valence-electron chi connectivity index (χ1n) is 9.18. The van der Waals surface area contributed by atoms with Crippen molar-refractivity contribution in [1.29, 1.82) is 0 Å². The van der Waals surface area contributed by atoms with Crippen molar-refractivity contribution in [2.45, 2.75) is 5.41 Å². The highest BCUT2D eigenvalue weighted by molar-refractivity contribution is 5.86. The maximum Gasteiger partial charge on any atom is 0.0714 e. The molecule has 1 aliphatic rings. The third-order valence-electron chi connectivity index (χ3n) is 5.63. The van der Waals surface area contributed by atoms with Crippen LogP contribution in [0, 0.1) is 12.3 Å². The second kappa shape index (κ2) is 6.01. The fourth-order valence-corrected chi connectivity index (χ4v) is 4.53. The predicted molar refractivity (Wildman–Crippen MR) is 112 cm³/mol. The lowest BCUT2D eigenvalue weighted by Crippen LogP contribution is -2.28.